The Hall–Kier alpha value is -4.07. The minimum atomic E-state index is -4.21. The summed E-state index contributed by atoms with van der Waals surface area (Å²) in [5.41, 5.74) is 3.18. The van der Waals surface area contributed by atoms with E-state index in [0.717, 1.165) is 16.7 Å². The number of benzene rings is 3. The first-order chi connectivity index (χ1) is 19.1. The molecule has 1 aliphatic rings. The number of nitrogens with one attached hydrogen (secondary N) is 2. The average Bonchev–Trinajstić information content (AvgIpc) is 3.24. The summed E-state index contributed by atoms with van der Waals surface area (Å²) in [5, 5.41) is 4.32. The van der Waals surface area contributed by atoms with Gasteiger partial charge in [0.05, 0.1) is 18.4 Å². The molecule has 8 nitrogen and oxygen atoms in total. The highest BCUT2D eigenvalue weighted by Crippen LogP contribution is 2.44. The molecule has 10 heteroatoms. The van der Waals surface area contributed by atoms with Gasteiger partial charge in [-0.3, -0.25) is 19.7 Å². The van der Waals surface area contributed by atoms with Crippen LogP contribution in [0.25, 0.3) is 0 Å². The zero-order valence-corrected chi connectivity index (χ0v) is 23.7. The summed E-state index contributed by atoms with van der Waals surface area (Å²) in [6, 6.07) is 20.6. The quantitative estimate of drug-likeness (QED) is 0.276. The highest BCUT2D eigenvalue weighted by Gasteiger charge is 2.57. The Morgan fingerprint density at radius 2 is 1.77 bits per heavy atom. The largest absolute Gasteiger partial charge is 0.497 e. The highest BCUT2D eigenvalue weighted by atomic mass is 32.3. The molecule has 1 fully saturated rings. The van der Waals surface area contributed by atoms with Gasteiger partial charge in [0, 0.05) is 17.7 Å². The lowest BCUT2D eigenvalue weighted by molar-refractivity contribution is -0.120. The molecule has 0 aliphatic carbocycles. The van der Waals surface area contributed by atoms with E-state index in [0.29, 0.717) is 29.6 Å². The van der Waals surface area contributed by atoms with E-state index in [1.54, 1.807) is 6.07 Å². The molecule has 0 radical (unpaired) electrons. The summed E-state index contributed by atoms with van der Waals surface area (Å²) in [4.78, 5) is 37.2. The van der Waals surface area contributed by atoms with E-state index in [2.05, 4.69) is 22.5 Å². The summed E-state index contributed by atoms with van der Waals surface area (Å²) in [7, 11) is -2.74. The van der Waals surface area contributed by atoms with Crippen molar-refractivity contribution in [3.63, 3.8) is 0 Å². The molecular weight excluding hydrogens is 548 g/mol. The highest BCUT2D eigenvalue weighted by molar-refractivity contribution is 8.25. The fourth-order valence-electron chi connectivity index (χ4n) is 4.22. The number of unbranched alkanes of at least 4 members (excludes halogenated alkanes) is 1. The number of sulfone groups is 1. The number of anilines is 1. The van der Waals surface area contributed by atoms with Crippen LogP contribution in [0.15, 0.2) is 77.7 Å². The van der Waals surface area contributed by atoms with Gasteiger partial charge in [0.1, 0.15) is 5.75 Å². The maximum absolute atomic E-state index is 13.5. The second-order valence-electron chi connectivity index (χ2n) is 9.17. The van der Waals surface area contributed by atoms with Gasteiger partial charge < -0.3 is 10.1 Å². The predicted octanol–water partition coefficient (Wildman–Crippen LogP) is 4.86. The van der Waals surface area contributed by atoms with Crippen LogP contribution in [0.2, 0.25) is 0 Å². The van der Waals surface area contributed by atoms with Crippen molar-refractivity contribution in [3.05, 3.63) is 89.5 Å². The number of hydrogen-bond acceptors (Lipinski definition) is 7. The zero-order valence-electron chi connectivity index (χ0n) is 22.0. The van der Waals surface area contributed by atoms with Crippen LogP contribution in [0.5, 0.6) is 5.75 Å². The maximum atomic E-state index is 13.5. The third-order valence-electron chi connectivity index (χ3n) is 6.38. The number of aryl methyl sites for hydroxylation is 1. The van der Waals surface area contributed by atoms with Crippen molar-refractivity contribution in [2.75, 3.05) is 12.4 Å². The van der Waals surface area contributed by atoms with Gasteiger partial charge in [-0.2, -0.15) is 0 Å². The first-order valence-electron chi connectivity index (χ1n) is 12.5. The number of rotatable bonds is 9. The second kappa shape index (κ2) is 12.4. The van der Waals surface area contributed by atoms with Crippen LogP contribution in [0.3, 0.4) is 0 Å². The number of methoxy groups -OCH3 is 1. The SMILES string of the molecule is COc1ccc(S(=O)(=O)C2(CCCC#Cc3cc(NC(=O)Cc4ccccc4)ccc3C)SC(=O)NC2=O)cc1. The fourth-order valence-corrected chi connectivity index (χ4v) is 7.59. The molecule has 3 aromatic rings. The van der Waals surface area contributed by atoms with E-state index < -0.39 is 25.1 Å². The molecule has 1 unspecified atom stereocenters. The molecule has 4 rings (SSSR count). The average molecular weight is 577 g/mol. The van der Waals surface area contributed by atoms with Crippen molar-refractivity contribution in [1.82, 2.24) is 5.32 Å². The number of amides is 3. The van der Waals surface area contributed by atoms with Gasteiger partial charge in [-0.1, -0.05) is 48.2 Å². The lowest BCUT2D eigenvalue weighted by Gasteiger charge is -2.24. The van der Waals surface area contributed by atoms with E-state index in [-0.39, 0.29) is 30.1 Å². The Bertz CT molecular complexity index is 1590. The molecule has 1 aliphatic heterocycles. The number of hydrogen-bond donors (Lipinski definition) is 2. The molecule has 1 atom stereocenters. The molecule has 0 spiro atoms. The molecule has 0 saturated carbocycles. The van der Waals surface area contributed by atoms with Gasteiger partial charge in [0.25, 0.3) is 11.1 Å². The Kier molecular flexibility index (Phi) is 8.97. The lowest BCUT2D eigenvalue weighted by Crippen LogP contribution is -2.43. The first-order valence-corrected chi connectivity index (χ1v) is 14.8. The lowest BCUT2D eigenvalue weighted by atomic mass is 10.1. The number of carbonyl (C=O) groups excluding carboxylic acids is 3. The Morgan fingerprint density at radius 3 is 2.42 bits per heavy atom. The van der Waals surface area contributed by atoms with Crippen LogP contribution < -0.4 is 15.4 Å². The van der Waals surface area contributed by atoms with Gasteiger partial charge in [0.2, 0.25) is 19.8 Å². The van der Waals surface area contributed by atoms with E-state index in [9.17, 15) is 22.8 Å². The number of thioether (sulfide) groups is 1. The van der Waals surface area contributed by atoms with Gasteiger partial charge in [-0.05, 0) is 79.1 Å². The van der Waals surface area contributed by atoms with E-state index in [1.807, 2.05) is 49.4 Å². The van der Waals surface area contributed by atoms with Crippen molar-refractivity contribution in [3.8, 4) is 17.6 Å². The molecule has 2 N–H and O–H groups in total. The predicted molar refractivity (Wildman–Crippen MR) is 155 cm³/mol. The van der Waals surface area contributed by atoms with Crippen molar-refractivity contribution < 1.29 is 27.5 Å². The summed E-state index contributed by atoms with van der Waals surface area (Å²) in [5.74, 6) is 5.60. The normalized spacial score (nSPS) is 16.6. The molecular formula is C30H28N2O6S2. The number of carbonyl (C=O) groups is 3. The summed E-state index contributed by atoms with van der Waals surface area (Å²) < 4.78 is 30.2. The fraction of sp³-hybridized carbons (Fsp3) is 0.233. The molecule has 3 amide bonds. The van der Waals surface area contributed by atoms with Crippen LogP contribution >= 0.6 is 11.8 Å². The maximum Gasteiger partial charge on any atom is 0.287 e. The molecule has 1 saturated heterocycles. The van der Waals surface area contributed by atoms with Crippen molar-refractivity contribution in [2.24, 2.45) is 0 Å². The second-order valence-corrected chi connectivity index (χ2v) is 12.9. The minimum Gasteiger partial charge on any atom is -0.497 e. The van der Waals surface area contributed by atoms with Crippen molar-refractivity contribution in [1.29, 1.82) is 0 Å². The topological polar surface area (TPSA) is 119 Å². The molecule has 1 heterocycles. The molecule has 0 aromatic heterocycles. The van der Waals surface area contributed by atoms with Crippen LogP contribution in [0.4, 0.5) is 10.5 Å². The van der Waals surface area contributed by atoms with Crippen molar-refractivity contribution in [2.45, 2.75) is 41.6 Å². The third kappa shape index (κ3) is 6.38. The Balaban J connectivity index is 1.44. The third-order valence-corrected chi connectivity index (χ3v) is 10.4. The van der Waals surface area contributed by atoms with Gasteiger partial charge in [0.15, 0.2) is 0 Å². The standard InChI is InChI=1S/C30H28N2O6S2/c1-21-12-13-24(31-27(33)19-22-9-5-3-6-10-22)20-23(21)11-7-4-8-18-30(28(34)32-29(35)39-30)40(36,37)26-16-14-25(38-2)15-17-26/h3,5-6,9-10,12-17,20H,4,8,18-19H2,1-2H3,(H,31,33)(H,32,34,35). The molecule has 0 bridgehead atoms. The van der Waals surface area contributed by atoms with Gasteiger partial charge >= 0.3 is 0 Å². The summed E-state index contributed by atoms with van der Waals surface area (Å²) in [6.45, 7) is 1.90. The van der Waals surface area contributed by atoms with E-state index >= 15 is 0 Å². The minimum absolute atomic E-state index is 0.0708. The smallest absolute Gasteiger partial charge is 0.287 e. The summed E-state index contributed by atoms with van der Waals surface area (Å²) in [6.07, 6.45) is 0.729. The van der Waals surface area contributed by atoms with Crippen LogP contribution in [0, 0.1) is 18.8 Å². The van der Waals surface area contributed by atoms with Gasteiger partial charge in [-0.25, -0.2) is 8.42 Å². The van der Waals surface area contributed by atoms with Crippen LogP contribution in [0.1, 0.15) is 36.0 Å². The molecule has 206 valence electrons. The Morgan fingerprint density at radius 1 is 1.05 bits per heavy atom. The van der Waals surface area contributed by atoms with Crippen molar-refractivity contribution >= 4 is 44.3 Å². The summed E-state index contributed by atoms with van der Waals surface area (Å²) >= 11 is 0.491. The van der Waals surface area contributed by atoms with Crippen LogP contribution in [-0.4, -0.2) is 36.7 Å². The first kappa shape index (κ1) is 28.9. The Labute approximate surface area is 237 Å². The number of imide groups is 1. The number of ether oxygens (including phenoxy) is 1. The van der Waals surface area contributed by atoms with E-state index in [4.69, 9.17) is 4.74 Å². The molecule has 3 aromatic carbocycles. The zero-order chi connectivity index (χ0) is 28.8. The monoisotopic (exact) mass is 576 g/mol. The van der Waals surface area contributed by atoms with E-state index in [1.165, 1.54) is 31.4 Å². The van der Waals surface area contributed by atoms with Gasteiger partial charge in [-0.15, -0.1) is 0 Å². The van der Waals surface area contributed by atoms with Crippen LogP contribution in [-0.2, 0) is 25.8 Å². The molecule has 40 heavy (non-hydrogen) atoms.